The first-order valence-corrected chi connectivity index (χ1v) is 7.24. The molecule has 104 valence electrons. The molecule has 0 radical (unpaired) electrons. The fourth-order valence-corrected chi connectivity index (χ4v) is 3.42. The third-order valence-electron chi connectivity index (χ3n) is 4.43. The van der Waals surface area contributed by atoms with Gasteiger partial charge in [-0.05, 0) is 41.6 Å². The van der Waals surface area contributed by atoms with E-state index < -0.39 is 0 Å². The van der Waals surface area contributed by atoms with Crippen molar-refractivity contribution in [3.8, 4) is 5.75 Å². The van der Waals surface area contributed by atoms with E-state index in [9.17, 15) is 5.11 Å². The van der Waals surface area contributed by atoms with E-state index in [1.54, 1.807) is 6.07 Å². The van der Waals surface area contributed by atoms with E-state index in [0.29, 0.717) is 5.75 Å². The Balaban J connectivity index is 1.90. The van der Waals surface area contributed by atoms with E-state index >= 15 is 0 Å². The Morgan fingerprint density at radius 2 is 1.76 bits per heavy atom. The molecule has 0 aromatic heterocycles. The van der Waals surface area contributed by atoms with Crippen LogP contribution in [0.25, 0.3) is 10.8 Å². The van der Waals surface area contributed by atoms with Crippen LogP contribution in [0.1, 0.15) is 18.1 Å². The molecule has 0 fully saturated rings. The Morgan fingerprint density at radius 3 is 2.57 bits per heavy atom. The van der Waals surface area contributed by atoms with Gasteiger partial charge < -0.3 is 10.4 Å². The molecule has 2 N–H and O–H groups in total. The second-order valence-corrected chi connectivity index (χ2v) is 6.01. The summed E-state index contributed by atoms with van der Waals surface area (Å²) in [6.07, 6.45) is 0.908. The third-order valence-corrected chi connectivity index (χ3v) is 4.43. The minimum Gasteiger partial charge on any atom is -0.508 e. The van der Waals surface area contributed by atoms with Crippen LogP contribution in [0.3, 0.4) is 0 Å². The maximum absolute atomic E-state index is 9.78. The fraction of sp³-hybridized carbons (Fsp3) is 0.158. The molecule has 2 nitrogen and oxygen atoms in total. The van der Waals surface area contributed by atoms with E-state index in [4.69, 9.17) is 0 Å². The predicted molar refractivity (Wildman–Crippen MR) is 86.7 cm³/mol. The van der Waals surface area contributed by atoms with Gasteiger partial charge in [0.05, 0.1) is 5.54 Å². The Kier molecular flexibility index (Phi) is 2.49. The molecular formula is C19H17NO. The van der Waals surface area contributed by atoms with Crippen LogP contribution in [0.5, 0.6) is 5.75 Å². The van der Waals surface area contributed by atoms with Crippen molar-refractivity contribution in [2.75, 3.05) is 5.32 Å². The van der Waals surface area contributed by atoms with Gasteiger partial charge in [0.25, 0.3) is 0 Å². The largest absolute Gasteiger partial charge is 0.508 e. The topological polar surface area (TPSA) is 32.3 Å². The van der Waals surface area contributed by atoms with Gasteiger partial charge in [0.15, 0.2) is 0 Å². The molecule has 0 saturated heterocycles. The van der Waals surface area contributed by atoms with Crippen molar-refractivity contribution in [1.82, 2.24) is 0 Å². The van der Waals surface area contributed by atoms with Crippen molar-refractivity contribution in [2.24, 2.45) is 0 Å². The highest BCUT2D eigenvalue weighted by atomic mass is 16.3. The minimum atomic E-state index is -0.207. The van der Waals surface area contributed by atoms with Crippen LogP contribution < -0.4 is 5.32 Å². The number of rotatable bonds is 1. The number of phenolic OH excluding ortho intramolecular Hbond substituents is 1. The van der Waals surface area contributed by atoms with Gasteiger partial charge in [-0.15, -0.1) is 0 Å². The highest BCUT2D eigenvalue weighted by molar-refractivity contribution is 5.98. The van der Waals surface area contributed by atoms with E-state index in [-0.39, 0.29) is 5.54 Å². The predicted octanol–water partition coefficient (Wildman–Crippen LogP) is 4.43. The summed E-state index contributed by atoms with van der Waals surface area (Å²) < 4.78 is 0. The first-order valence-electron chi connectivity index (χ1n) is 7.24. The first-order chi connectivity index (χ1) is 10.2. The van der Waals surface area contributed by atoms with Crippen LogP contribution in [-0.4, -0.2) is 5.11 Å². The third kappa shape index (κ3) is 1.87. The Morgan fingerprint density at radius 1 is 1.00 bits per heavy atom. The fourth-order valence-electron chi connectivity index (χ4n) is 3.42. The molecule has 4 rings (SSSR count). The van der Waals surface area contributed by atoms with E-state index in [2.05, 4.69) is 54.7 Å². The lowest BCUT2D eigenvalue weighted by Crippen LogP contribution is -2.36. The van der Waals surface area contributed by atoms with Gasteiger partial charge in [0.1, 0.15) is 5.75 Å². The minimum absolute atomic E-state index is 0.207. The number of nitrogens with one attached hydrogen (secondary N) is 1. The van der Waals surface area contributed by atoms with Crippen molar-refractivity contribution < 1.29 is 5.11 Å². The lowest BCUT2D eigenvalue weighted by molar-refractivity contribution is 0.468. The Hall–Kier alpha value is -2.48. The van der Waals surface area contributed by atoms with Gasteiger partial charge >= 0.3 is 0 Å². The summed E-state index contributed by atoms with van der Waals surface area (Å²) in [5.41, 5.74) is 3.42. The smallest absolute Gasteiger partial charge is 0.115 e. The molecule has 1 aliphatic rings. The summed E-state index contributed by atoms with van der Waals surface area (Å²) in [5.74, 6) is 0.313. The van der Waals surface area contributed by atoms with Crippen molar-refractivity contribution in [1.29, 1.82) is 0 Å². The highest BCUT2D eigenvalue weighted by Crippen LogP contribution is 2.41. The lowest BCUT2D eigenvalue weighted by Gasteiger charge is -2.37. The van der Waals surface area contributed by atoms with Gasteiger partial charge in [-0.2, -0.15) is 0 Å². The molecule has 3 aromatic carbocycles. The highest BCUT2D eigenvalue weighted by Gasteiger charge is 2.32. The second kappa shape index (κ2) is 4.26. The molecule has 3 aromatic rings. The average Bonchev–Trinajstić information content (AvgIpc) is 2.47. The Bertz CT molecular complexity index is 797. The van der Waals surface area contributed by atoms with Gasteiger partial charge in [0.2, 0.25) is 0 Å². The molecule has 1 atom stereocenters. The molecule has 0 aliphatic carbocycles. The van der Waals surface area contributed by atoms with Gasteiger partial charge in [0, 0.05) is 17.5 Å². The van der Waals surface area contributed by atoms with Gasteiger partial charge in [-0.3, -0.25) is 0 Å². The summed E-state index contributed by atoms with van der Waals surface area (Å²) in [5, 5.41) is 16.0. The van der Waals surface area contributed by atoms with Gasteiger partial charge in [-0.1, -0.05) is 42.5 Å². The molecule has 0 saturated carbocycles. The number of hydrogen-bond donors (Lipinski definition) is 2. The molecule has 1 aliphatic heterocycles. The summed E-state index contributed by atoms with van der Waals surface area (Å²) >= 11 is 0. The van der Waals surface area contributed by atoms with Crippen LogP contribution in [0.2, 0.25) is 0 Å². The van der Waals surface area contributed by atoms with Crippen LogP contribution in [0.4, 0.5) is 5.69 Å². The summed E-state index contributed by atoms with van der Waals surface area (Å²) in [6, 6.07) is 20.4. The standard InChI is InChI=1S/C19H17NO/c1-19(15-8-4-9-16(21)11-15)12-14-7-2-5-13-6-3-10-17(20-19)18(13)14/h2-11,20-21H,12H2,1H3. The molecule has 2 heteroatoms. The van der Waals surface area contributed by atoms with Crippen LogP contribution in [0.15, 0.2) is 60.7 Å². The number of anilines is 1. The zero-order valence-electron chi connectivity index (χ0n) is 11.9. The van der Waals surface area contributed by atoms with Crippen molar-refractivity contribution in [3.05, 3.63) is 71.8 Å². The SMILES string of the molecule is CC1(c2cccc(O)c2)Cc2cccc3cccc(c23)N1. The maximum atomic E-state index is 9.78. The monoisotopic (exact) mass is 275 g/mol. The van der Waals surface area contributed by atoms with Gasteiger partial charge in [-0.25, -0.2) is 0 Å². The number of benzene rings is 3. The first kappa shape index (κ1) is 12.3. The number of aromatic hydroxyl groups is 1. The average molecular weight is 275 g/mol. The molecule has 0 spiro atoms. The molecule has 21 heavy (non-hydrogen) atoms. The zero-order chi connectivity index (χ0) is 14.4. The van der Waals surface area contributed by atoms with E-state index in [1.807, 2.05) is 12.1 Å². The Labute approximate surface area is 124 Å². The van der Waals surface area contributed by atoms with Crippen LogP contribution >= 0.6 is 0 Å². The number of hydrogen-bond acceptors (Lipinski definition) is 2. The van der Waals surface area contributed by atoms with Crippen LogP contribution in [-0.2, 0) is 12.0 Å². The molecule has 0 bridgehead atoms. The van der Waals surface area contributed by atoms with E-state index in [1.165, 1.54) is 22.0 Å². The van der Waals surface area contributed by atoms with Crippen LogP contribution in [0, 0.1) is 0 Å². The quantitative estimate of drug-likeness (QED) is 0.688. The maximum Gasteiger partial charge on any atom is 0.115 e. The molecule has 1 unspecified atom stereocenters. The van der Waals surface area contributed by atoms with Crippen molar-refractivity contribution in [3.63, 3.8) is 0 Å². The van der Waals surface area contributed by atoms with Crippen molar-refractivity contribution in [2.45, 2.75) is 18.9 Å². The summed E-state index contributed by atoms with van der Waals surface area (Å²) in [4.78, 5) is 0. The molecule has 1 heterocycles. The second-order valence-electron chi connectivity index (χ2n) is 6.01. The van der Waals surface area contributed by atoms with Crippen molar-refractivity contribution >= 4 is 16.5 Å². The summed E-state index contributed by atoms with van der Waals surface area (Å²) in [6.45, 7) is 2.19. The van der Waals surface area contributed by atoms with E-state index in [0.717, 1.165) is 12.0 Å². The zero-order valence-corrected chi connectivity index (χ0v) is 11.9. The lowest BCUT2D eigenvalue weighted by atomic mass is 9.80. The molecular weight excluding hydrogens is 258 g/mol. The normalized spacial score (nSPS) is 20.2. The summed E-state index contributed by atoms with van der Waals surface area (Å²) in [7, 11) is 0. The number of phenols is 1. The molecule has 0 amide bonds.